The summed E-state index contributed by atoms with van der Waals surface area (Å²) in [5, 5.41) is 5.86. The molecule has 1 unspecified atom stereocenters. The highest BCUT2D eigenvalue weighted by atomic mass is 28.4. The number of nitrogens with one attached hydrogen (secondary N) is 2. The van der Waals surface area contributed by atoms with E-state index >= 15 is 0 Å². The monoisotopic (exact) mass is 598 g/mol. The van der Waals surface area contributed by atoms with Crippen LogP contribution in [0.15, 0.2) is 48.5 Å². The quantitative estimate of drug-likeness (QED) is 0.170. The molecule has 0 saturated heterocycles. The third-order valence-electron chi connectivity index (χ3n) is 7.64. The summed E-state index contributed by atoms with van der Waals surface area (Å²) < 4.78 is 11.8. The van der Waals surface area contributed by atoms with Gasteiger partial charge < -0.3 is 19.8 Å². The fourth-order valence-corrected chi connectivity index (χ4v) is 5.12. The van der Waals surface area contributed by atoms with Crippen LogP contribution in [-0.4, -0.2) is 33.0 Å². The lowest BCUT2D eigenvalue weighted by molar-refractivity contribution is -0.191. The van der Waals surface area contributed by atoms with Gasteiger partial charge in [0, 0.05) is 13.0 Å². The van der Waals surface area contributed by atoms with Crippen molar-refractivity contribution < 1.29 is 28.3 Å². The molecule has 2 atom stereocenters. The molecule has 0 spiro atoms. The third kappa shape index (κ3) is 14.0. The van der Waals surface area contributed by atoms with E-state index in [1.807, 2.05) is 36.4 Å². The largest absolute Gasteiger partial charge is 0.542 e. The van der Waals surface area contributed by atoms with Gasteiger partial charge in [-0.15, -0.1) is 0 Å². The van der Waals surface area contributed by atoms with Gasteiger partial charge in [0.1, 0.15) is 12.4 Å². The molecule has 2 aromatic carbocycles. The molecular formula is C33H50N2O6Si. The van der Waals surface area contributed by atoms with Gasteiger partial charge in [0.2, 0.25) is 5.91 Å². The fourth-order valence-electron chi connectivity index (χ4n) is 4.08. The second kappa shape index (κ2) is 18.2. The van der Waals surface area contributed by atoms with Crippen LogP contribution in [0.25, 0.3) is 0 Å². The Labute approximate surface area is 253 Å². The minimum atomic E-state index is -2.09. The van der Waals surface area contributed by atoms with E-state index in [1.165, 1.54) is 18.4 Å². The summed E-state index contributed by atoms with van der Waals surface area (Å²) >= 11 is 0. The average molecular weight is 599 g/mol. The van der Waals surface area contributed by atoms with Crippen LogP contribution in [0.3, 0.4) is 0 Å². The molecule has 2 N–H and O–H groups in total. The van der Waals surface area contributed by atoms with Gasteiger partial charge in [-0.3, -0.25) is 4.79 Å². The Morgan fingerprint density at radius 3 is 2.21 bits per heavy atom. The summed E-state index contributed by atoms with van der Waals surface area (Å²) in [4.78, 5) is 41.1. The van der Waals surface area contributed by atoms with Crippen molar-refractivity contribution in [2.45, 2.75) is 98.4 Å². The van der Waals surface area contributed by atoms with E-state index in [4.69, 9.17) is 18.8 Å². The minimum absolute atomic E-state index is 0.0402. The van der Waals surface area contributed by atoms with Crippen molar-refractivity contribution in [1.82, 2.24) is 5.32 Å². The molecule has 0 aromatic heterocycles. The SMILES string of the molecule is CCC(C)C[C@@H](C)Cc1ccc(O[Si](C)(C)C(C)(C)C)c(NC(=O)CCCNC(=O)OCc2ccccc2)c1.O=C=O. The zero-order valence-electron chi connectivity index (χ0n) is 26.7. The lowest BCUT2D eigenvalue weighted by Crippen LogP contribution is -2.44. The van der Waals surface area contributed by atoms with Crippen molar-refractivity contribution in [2.24, 2.45) is 11.8 Å². The van der Waals surface area contributed by atoms with Crippen LogP contribution in [0.1, 0.15) is 78.4 Å². The van der Waals surface area contributed by atoms with E-state index in [0.29, 0.717) is 24.8 Å². The second-order valence-electron chi connectivity index (χ2n) is 12.5. The summed E-state index contributed by atoms with van der Waals surface area (Å²) in [7, 11) is -2.09. The predicted molar refractivity (Wildman–Crippen MR) is 169 cm³/mol. The zero-order valence-corrected chi connectivity index (χ0v) is 27.7. The number of benzene rings is 2. The molecule has 0 aliphatic rings. The summed E-state index contributed by atoms with van der Waals surface area (Å²) in [6, 6.07) is 15.8. The Bertz CT molecular complexity index is 1140. The topological polar surface area (TPSA) is 111 Å². The number of carbonyl (C=O) groups is 2. The Kier molecular flexibility index (Phi) is 15.8. The molecule has 0 heterocycles. The first-order valence-corrected chi connectivity index (χ1v) is 17.7. The Hall–Kier alpha value is -3.42. The molecule has 0 radical (unpaired) electrons. The molecule has 0 fully saturated rings. The smallest absolute Gasteiger partial charge is 0.407 e. The highest BCUT2D eigenvalue weighted by Crippen LogP contribution is 2.40. The lowest BCUT2D eigenvalue weighted by Gasteiger charge is -2.37. The molecule has 2 rings (SSSR count). The number of hydrogen-bond donors (Lipinski definition) is 2. The van der Waals surface area contributed by atoms with Gasteiger partial charge in [-0.05, 0) is 72.5 Å². The van der Waals surface area contributed by atoms with Gasteiger partial charge in [-0.25, -0.2) is 4.79 Å². The first-order valence-electron chi connectivity index (χ1n) is 14.8. The lowest BCUT2D eigenvalue weighted by atomic mass is 9.90. The van der Waals surface area contributed by atoms with Gasteiger partial charge in [0.15, 0.2) is 0 Å². The maximum absolute atomic E-state index is 12.9. The first-order chi connectivity index (χ1) is 19.7. The molecule has 9 heteroatoms. The van der Waals surface area contributed by atoms with Crippen molar-refractivity contribution in [2.75, 3.05) is 11.9 Å². The van der Waals surface area contributed by atoms with E-state index in [9.17, 15) is 9.59 Å². The van der Waals surface area contributed by atoms with Crippen molar-refractivity contribution in [3.63, 3.8) is 0 Å². The van der Waals surface area contributed by atoms with Crippen LogP contribution in [0, 0.1) is 11.8 Å². The maximum atomic E-state index is 12.9. The van der Waals surface area contributed by atoms with Crippen molar-refractivity contribution >= 4 is 32.2 Å². The minimum Gasteiger partial charge on any atom is -0.542 e. The summed E-state index contributed by atoms with van der Waals surface area (Å²) in [5.74, 6) is 1.89. The zero-order chi connectivity index (χ0) is 31.8. The third-order valence-corrected chi connectivity index (χ3v) is 12.0. The van der Waals surface area contributed by atoms with Crippen LogP contribution in [0.4, 0.5) is 10.5 Å². The van der Waals surface area contributed by atoms with Crippen molar-refractivity contribution in [3.05, 3.63) is 59.7 Å². The van der Waals surface area contributed by atoms with Crippen LogP contribution in [-0.2, 0) is 32.1 Å². The van der Waals surface area contributed by atoms with E-state index in [2.05, 4.69) is 77.4 Å². The number of alkyl carbamates (subject to hydrolysis) is 1. The number of amides is 2. The van der Waals surface area contributed by atoms with Crippen molar-refractivity contribution in [1.29, 1.82) is 0 Å². The first kappa shape index (κ1) is 36.6. The molecule has 8 nitrogen and oxygen atoms in total. The average Bonchev–Trinajstić information content (AvgIpc) is 2.91. The van der Waals surface area contributed by atoms with Crippen LogP contribution < -0.4 is 15.1 Å². The van der Waals surface area contributed by atoms with Crippen LogP contribution >= 0.6 is 0 Å². The van der Waals surface area contributed by atoms with Crippen LogP contribution in [0.5, 0.6) is 5.75 Å². The van der Waals surface area contributed by atoms with Crippen LogP contribution in [0.2, 0.25) is 18.1 Å². The molecule has 0 aliphatic heterocycles. The summed E-state index contributed by atoms with van der Waals surface area (Å²) in [5.41, 5.74) is 2.86. The van der Waals surface area contributed by atoms with E-state index in [-0.39, 0.29) is 30.1 Å². The fraction of sp³-hybridized carbons (Fsp3) is 0.545. The maximum Gasteiger partial charge on any atom is 0.407 e. The number of carbonyl (C=O) groups excluding carboxylic acids is 4. The van der Waals surface area contributed by atoms with E-state index < -0.39 is 14.4 Å². The molecule has 0 aliphatic carbocycles. The Balaban J connectivity index is 0.00000281. The normalized spacial score (nSPS) is 12.6. The molecular weight excluding hydrogens is 548 g/mol. The highest BCUT2D eigenvalue weighted by molar-refractivity contribution is 6.74. The predicted octanol–water partition coefficient (Wildman–Crippen LogP) is 7.75. The standard InChI is InChI=1S/C32H50N2O4Si.CO2/c1-9-24(2)20-25(3)21-27-17-18-29(38-39(7,8)32(4,5)6)28(22-27)34-30(35)16-13-19-33-31(36)37-23-26-14-11-10-12-15-26;2-1-3/h10-12,14-15,17-18,22,24-25H,9,13,16,19-21,23H2,1-8H3,(H,33,36)(H,34,35);/t24?,25-;/m1./s1. The Morgan fingerprint density at radius 2 is 1.62 bits per heavy atom. The van der Waals surface area contributed by atoms with Gasteiger partial charge in [0.05, 0.1) is 5.69 Å². The van der Waals surface area contributed by atoms with Gasteiger partial charge >= 0.3 is 12.2 Å². The van der Waals surface area contributed by atoms with Crippen molar-refractivity contribution in [3.8, 4) is 5.75 Å². The summed E-state index contributed by atoms with van der Waals surface area (Å²) in [6.45, 7) is 18.5. The number of hydrogen-bond acceptors (Lipinski definition) is 6. The van der Waals surface area contributed by atoms with Gasteiger partial charge in [-0.2, -0.15) is 9.59 Å². The second-order valence-corrected chi connectivity index (χ2v) is 17.2. The number of rotatable bonds is 14. The highest BCUT2D eigenvalue weighted by Gasteiger charge is 2.39. The molecule has 0 saturated carbocycles. The molecule has 232 valence electrons. The van der Waals surface area contributed by atoms with E-state index in [1.54, 1.807) is 0 Å². The summed E-state index contributed by atoms with van der Waals surface area (Å²) in [6.07, 6.45) is 3.89. The number of ether oxygens (including phenoxy) is 1. The molecule has 0 bridgehead atoms. The molecule has 42 heavy (non-hydrogen) atoms. The molecule has 2 aromatic rings. The van der Waals surface area contributed by atoms with E-state index in [0.717, 1.165) is 23.4 Å². The molecule has 2 amide bonds. The number of anilines is 1. The Morgan fingerprint density at radius 1 is 0.976 bits per heavy atom. The van der Waals surface area contributed by atoms with Gasteiger partial charge in [-0.1, -0.05) is 84.4 Å². The van der Waals surface area contributed by atoms with Gasteiger partial charge in [0.25, 0.3) is 8.32 Å².